The second kappa shape index (κ2) is 17.9. The summed E-state index contributed by atoms with van der Waals surface area (Å²) < 4.78 is 0. The van der Waals surface area contributed by atoms with Gasteiger partial charge in [0.2, 0.25) is 0 Å². The number of ketones is 2. The molecule has 0 saturated heterocycles. The number of allylic oxidation sites excluding steroid dienone is 6. The highest BCUT2D eigenvalue weighted by atomic mass is 32.1. The van der Waals surface area contributed by atoms with Gasteiger partial charge < -0.3 is 0 Å². The van der Waals surface area contributed by atoms with Gasteiger partial charge in [-0.1, -0.05) is 168 Å². The van der Waals surface area contributed by atoms with Crippen LogP contribution in [0.3, 0.4) is 0 Å². The summed E-state index contributed by atoms with van der Waals surface area (Å²) >= 11 is 3.22. The number of hydrogen-bond donors (Lipinski definition) is 0. The number of nitrogens with zero attached hydrogens (tertiary/aromatic N) is 4. The van der Waals surface area contributed by atoms with E-state index in [0.29, 0.717) is 44.5 Å². The fourth-order valence-corrected chi connectivity index (χ4v) is 14.9. The molecule has 78 heavy (non-hydrogen) atoms. The van der Waals surface area contributed by atoms with Crippen molar-refractivity contribution in [1.29, 1.82) is 10.5 Å². The van der Waals surface area contributed by atoms with Crippen LogP contribution in [-0.4, -0.2) is 11.6 Å². The van der Waals surface area contributed by atoms with Crippen molar-refractivity contribution in [2.75, 3.05) is 0 Å². The van der Waals surface area contributed by atoms with Gasteiger partial charge in [0.1, 0.15) is 0 Å². The van der Waals surface area contributed by atoms with E-state index >= 15 is 0 Å². The number of nitriles is 2. The van der Waals surface area contributed by atoms with Crippen LogP contribution < -0.4 is 0 Å². The van der Waals surface area contributed by atoms with Crippen LogP contribution in [0.25, 0.3) is 53.9 Å². The highest BCUT2D eigenvalue weighted by Gasteiger charge is 2.53. The van der Waals surface area contributed by atoms with Gasteiger partial charge in [0.05, 0.1) is 36.1 Å². The molecule has 0 radical (unpaired) electrons. The zero-order chi connectivity index (χ0) is 53.8. The Labute approximate surface area is 460 Å². The Balaban J connectivity index is 1.14. The van der Waals surface area contributed by atoms with Crippen molar-refractivity contribution in [3.05, 3.63) is 314 Å². The first-order chi connectivity index (χ1) is 37.9. The minimum Gasteiger partial charge on any atom is -0.289 e. The zero-order valence-corrected chi connectivity index (χ0v) is 44.4. The van der Waals surface area contributed by atoms with Crippen molar-refractivity contribution in [3.8, 4) is 33.0 Å². The number of aryl methyl sites for hydroxylation is 4. The maximum Gasteiger partial charge on any atom is 0.270 e. The van der Waals surface area contributed by atoms with E-state index in [0.717, 1.165) is 97.4 Å². The first-order valence-electron chi connectivity index (χ1n) is 25.5. The molecule has 4 aliphatic carbocycles. The summed E-state index contributed by atoms with van der Waals surface area (Å²) in [4.78, 5) is 39.9. The van der Waals surface area contributed by atoms with Gasteiger partial charge in [0.25, 0.3) is 11.4 Å². The number of fused-ring (bicyclic) bond motifs is 8. The van der Waals surface area contributed by atoms with E-state index in [1.54, 1.807) is 34.8 Å². The van der Waals surface area contributed by atoms with Gasteiger partial charge >= 0.3 is 0 Å². The normalized spacial score (nSPS) is 17.0. The average molecular weight is 1040 g/mol. The van der Waals surface area contributed by atoms with Gasteiger partial charge in [-0.25, -0.2) is 20.2 Å². The second-order valence-corrected chi connectivity index (χ2v) is 22.6. The van der Waals surface area contributed by atoms with Crippen LogP contribution in [0.5, 0.6) is 0 Å². The third-order valence-corrected chi connectivity index (χ3v) is 18.3. The standard InChI is InChI=1S/C70H42N4O2S2/c1-39-15-23-43(24-16-39)69(44-25-17-40(2)18-26-44)57-35-54-58(36-53(57)67-59(69)33-47(77-67)31-55-63(61(37-71)73-5)49-11-7-9-13-51(49)65(55)75)70(45-27-19-41(3)20-28-45,46-29-21-42(4)22-30-46)60-34-48(78-68(54)60)32-56-64(62(38-72)74-6)50-12-8-10-14-52(50)66(56)76/h7-36H,1-4H3/b55-31-,56-32-,63-61-,64-62+. The summed E-state index contributed by atoms with van der Waals surface area (Å²) in [6, 6.07) is 63.0. The third kappa shape index (κ3) is 6.75. The monoisotopic (exact) mass is 1030 g/mol. The van der Waals surface area contributed by atoms with Gasteiger partial charge in [-0.3, -0.25) is 9.59 Å². The molecule has 0 bridgehead atoms. The van der Waals surface area contributed by atoms with Crippen molar-refractivity contribution in [2.45, 2.75) is 38.5 Å². The smallest absolute Gasteiger partial charge is 0.270 e. The molecule has 0 atom stereocenters. The molecule has 0 N–H and O–H groups in total. The maximum absolute atomic E-state index is 14.5. The predicted molar refractivity (Wildman–Crippen MR) is 312 cm³/mol. The summed E-state index contributed by atoms with van der Waals surface area (Å²) in [5.41, 5.74) is 16.7. The Kier molecular flexibility index (Phi) is 11.0. The van der Waals surface area contributed by atoms with Crippen molar-refractivity contribution in [1.82, 2.24) is 0 Å². The zero-order valence-electron chi connectivity index (χ0n) is 42.7. The highest BCUT2D eigenvalue weighted by Crippen LogP contribution is 2.65. The van der Waals surface area contributed by atoms with Gasteiger partial charge in [0.15, 0.2) is 11.6 Å². The fourth-order valence-electron chi connectivity index (χ4n) is 12.5. The molecule has 0 amide bonds. The minimum atomic E-state index is -0.861. The quantitative estimate of drug-likeness (QED) is 0.0942. The minimum absolute atomic E-state index is 0.124. The molecule has 0 aliphatic heterocycles. The molecule has 4 aliphatic rings. The molecular weight excluding hydrogens is 993 g/mol. The number of thiophene rings is 2. The van der Waals surface area contributed by atoms with E-state index in [1.165, 1.54) is 0 Å². The first-order valence-corrected chi connectivity index (χ1v) is 27.1. The second-order valence-electron chi connectivity index (χ2n) is 20.5. The van der Waals surface area contributed by atoms with E-state index in [1.807, 2.05) is 48.6 Å². The van der Waals surface area contributed by atoms with E-state index < -0.39 is 10.8 Å². The molecule has 2 heterocycles. The van der Waals surface area contributed by atoms with Crippen LogP contribution in [0.15, 0.2) is 192 Å². The highest BCUT2D eigenvalue weighted by molar-refractivity contribution is 7.17. The number of carbonyl (C=O) groups excluding carboxylic acids is 2. The summed E-state index contributed by atoms with van der Waals surface area (Å²) in [5, 5.41) is 20.6. The number of hydrogen-bond acceptors (Lipinski definition) is 6. The largest absolute Gasteiger partial charge is 0.289 e. The van der Waals surface area contributed by atoms with Gasteiger partial charge in [-0.15, -0.1) is 22.7 Å². The Hall–Kier alpha value is -9.80. The molecular formula is C70H42N4O2S2. The topological polar surface area (TPSA) is 90.4 Å². The SMILES string of the molecule is [C-]#[N+]/C(C#N)=C1\C(=C\c2cc3c(s2)-c2cc4c(cc2C3(c2ccc(C)cc2)c2ccc(C)cc2)-c2sc(/C=C3\C(=O)c5ccccc5\C3=C(\C#N)[N+]#[C-])cc2C4(c2ccc(C)cc2)c2ccc(C)cc2)C(=O)c2ccccc21. The van der Waals surface area contributed by atoms with Gasteiger partial charge in [-0.2, -0.15) is 0 Å². The fraction of sp³-hybridized carbons (Fsp3) is 0.0857. The number of rotatable bonds is 6. The molecule has 366 valence electrons. The van der Waals surface area contributed by atoms with E-state index in [2.05, 4.69) is 171 Å². The lowest BCUT2D eigenvalue weighted by molar-refractivity contribution is 0.103. The molecule has 7 aromatic carbocycles. The molecule has 0 spiro atoms. The summed E-state index contributed by atoms with van der Waals surface area (Å²) in [5.74, 6) is -0.444. The first kappa shape index (κ1) is 47.9. The van der Waals surface area contributed by atoms with Crippen LogP contribution in [-0.2, 0) is 10.8 Å². The Morgan fingerprint density at radius 1 is 0.436 bits per heavy atom. The lowest BCUT2D eigenvalue weighted by atomic mass is 9.65. The van der Waals surface area contributed by atoms with Crippen LogP contribution in [0.1, 0.15) is 108 Å². The molecule has 9 aromatic rings. The molecule has 0 saturated carbocycles. The molecule has 13 rings (SSSR count). The Morgan fingerprint density at radius 3 is 1.04 bits per heavy atom. The number of benzene rings is 7. The Morgan fingerprint density at radius 2 is 0.744 bits per heavy atom. The lowest BCUT2D eigenvalue weighted by Crippen LogP contribution is -2.30. The van der Waals surface area contributed by atoms with Crippen molar-refractivity contribution < 1.29 is 9.59 Å². The molecule has 0 unspecified atom stereocenters. The van der Waals surface area contributed by atoms with Crippen molar-refractivity contribution in [3.63, 3.8) is 0 Å². The molecule has 6 nitrogen and oxygen atoms in total. The lowest BCUT2D eigenvalue weighted by Gasteiger charge is -2.35. The van der Waals surface area contributed by atoms with Crippen LogP contribution in [0.4, 0.5) is 0 Å². The van der Waals surface area contributed by atoms with E-state index in [9.17, 15) is 20.1 Å². The van der Waals surface area contributed by atoms with Crippen LogP contribution >= 0.6 is 22.7 Å². The molecule has 2 aromatic heterocycles. The summed E-state index contributed by atoms with van der Waals surface area (Å²) in [6.45, 7) is 24.4. The van der Waals surface area contributed by atoms with Crippen LogP contribution in [0, 0.1) is 63.5 Å². The van der Waals surface area contributed by atoms with Gasteiger partial charge in [0, 0.05) is 52.9 Å². The van der Waals surface area contributed by atoms with E-state index in [4.69, 9.17) is 13.1 Å². The number of Topliss-reactive ketones (excluding diaryl/α,β-unsaturated/α-hetero) is 2. The summed E-state index contributed by atoms with van der Waals surface area (Å²) in [7, 11) is 0. The van der Waals surface area contributed by atoms with Crippen LogP contribution in [0.2, 0.25) is 0 Å². The predicted octanol–water partition coefficient (Wildman–Crippen LogP) is 16.6. The average Bonchev–Trinajstić information content (AvgIpc) is 4.48. The third-order valence-electron chi connectivity index (χ3n) is 16.1. The van der Waals surface area contributed by atoms with Crippen molar-refractivity contribution in [2.24, 2.45) is 0 Å². The van der Waals surface area contributed by atoms with E-state index in [-0.39, 0.29) is 23.0 Å². The number of carbonyl (C=O) groups is 2. The maximum atomic E-state index is 14.5. The Bertz CT molecular complexity index is 4060. The van der Waals surface area contributed by atoms with Crippen molar-refractivity contribution >= 4 is 57.5 Å². The molecule has 0 fully saturated rings. The summed E-state index contributed by atoms with van der Waals surface area (Å²) in [6.07, 6.45) is 3.77. The van der Waals surface area contributed by atoms with Gasteiger partial charge in [-0.05, 0) is 131 Å². The molecule has 8 heteroatoms.